The number of anilines is 1. The molecule has 3 nitrogen and oxygen atoms in total. The fourth-order valence-corrected chi connectivity index (χ4v) is 2.82. The molecule has 1 aromatic carbocycles. The second-order valence-electron chi connectivity index (χ2n) is 6.09. The largest absolute Gasteiger partial charge is 0.377 e. The minimum atomic E-state index is -0.223. The minimum absolute atomic E-state index is 0.0813. The van der Waals surface area contributed by atoms with Crippen LogP contribution in [-0.2, 0) is 0 Å². The predicted octanol–water partition coefficient (Wildman–Crippen LogP) is 5.29. The van der Waals surface area contributed by atoms with E-state index in [2.05, 4.69) is 35.2 Å². The van der Waals surface area contributed by atoms with E-state index < -0.39 is 0 Å². The van der Waals surface area contributed by atoms with Crippen LogP contribution in [0.4, 0.5) is 10.1 Å². The maximum absolute atomic E-state index is 13.1. The van der Waals surface area contributed by atoms with Crippen molar-refractivity contribution in [1.82, 2.24) is 9.97 Å². The number of pyridine rings is 1. The van der Waals surface area contributed by atoms with Gasteiger partial charge in [-0.15, -0.1) is 0 Å². The number of nitrogens with zero attached hydrogens (tertiary/aromatic N) is 1. The van der Waals surface area contributed by atoms with Gasteiger partial charge in [-0.25, -0.2) is 4.39 Å². The first kappa shape index (κ1) is 15.5. The van der Waals surface area contributed by atoms with Crippen LogP contribution in [0.1, 0.15) is 38.4 Å². The molecule has 0 aliphatic rings. The summed E-state index contributed by atoms with van der Waals surface area (Å²) in [5.41, 5.74) is 2.98. The summed E-state index contributed by atoms with van der Waals surface area (Å²) >= 11 is 0. The van der Waals surface area contributed by atoms with E-state index in [1.807, 2.05) is 18.5 Å². The van der Waals surface area contributed by atoms with Gasteiger partial charge in [-0.1, -0.05) is 20.3 Å². The smallest absolute Gasteiger partial charge is 0.123 e. The lowest BCUT2D eigenvalue weighted by Crippen LogP contribution is -2.16. The first-order chi connectivity index (χ1) is 11.2. The Hall–Kier alpha value is -2.36. The summed E-state index contributed by atoms with van der Waals surface area (Å²) in [5.74, 6) is 0.346. The number of hydrogen-bond donors (Lipinski definition) is 2. The van der Waals surface area contributed by atoms with E-state index in [1.165, 1.54) is 12.1 Å². The summed E-state index contributed by atoms with van der Waals surface area (Å²) in [4.78, 5) is 7.90. The molecule has 0 amide bonds. The highest BCUT2D eigenvalue weighted by Crippen LogP contribution is 2.30. The maximum Gasteiger partial charge on any atom is 0.123 e. The summed E-state index contributed by atoms with van der Waals surface area (Å²) in [6.07, 6.45) is 5.87. The lowest BCUT2D eigenvalue weighted by atomic mass is 9.96. The summed E-state index contributed by atoms with van der Waals surface area (Å²) in [6.45, 7) is 4.44. The highest BCUT2D eigenvalue weighted by Gasteiger charge is 2.19. The van der Waals surface area contributed by atoms with Gasteiger partial charge < -0.3 is 10.3 Å². The zero-order valence-corrected chi connectivity index (χ0v) is 13.5. The number of fused-ring (bicyclic) bond motifs is 1. The van der Waals surface area contributed by atoms with Crippen LogP contribution in [0.25, 0.3) is 10.9 Å². The van der Waals surface area contributed by atoms with E-state index in [1.54, 1.807) is 12.1 Å². The zero-order chi connectivity index (χ0) is 16.2. The average molecular weight is 311 g/mol. The third-order valence-corrected chi connectivity index (χ3v) is 4.35. The number of halogens is 1. The summed E-state index contributed by atoms with van der Waals surface area (Å²) < 4.78 is 13.1. The Morgan fingerprint density at radius 1 is 1.17 bits per heavy atom. The number of rotatable bonds is 6. The minimum Gasteiger partial charge on any atom is -0.377 e. The van der Waals surface area contributed by atoms with E-state index in [9.17, 15) is 4.39 Å². The Morgan fingerprint density at radius 3 is 2.70 bits per heavy atom. The van der Waals surface area contributed by atoms with Crippen molar-refractivity contribution in [2.24, 2.45) is 5.92 Å². The van der Waals surface area contributed by atoms with Crippen LogP contribution in [0.5, 0.6) is 0 Å². The second-order valence-corrected chi connectivity index (χ2v) is 6.09. The third-order valence-electron chi connectivity index (χ3n) is 4.35. The summed E-state index contributed by atoms with van der Waals surface area (Å²) in [5, 5.41) is 4.68. The molecule has 0 radical (unpaired) electrons. The van der Waals surface area contributed by atoms with Crippen molar-refractivity contribution in [1.29, 1.82) is 0 Å². The van der Waals surface area contributed by atoms with Gasteiger partial charge in [-0.05, 0) is 48.7 Å². The fourth-order valence-electron chi connectivity index (χ4n) is 2.82. The number of benzene rings is 1. The molecule has 0 bridgehead atoms. The molecular weight excluding hydrogens is 289 g/mol. The van der Waals surface area contributed by atoms with E-state index >= 15 is 0 Å². The molecular formula is C19H22FN3. The zero-order valence-electron chi connectivity index (χ0n) is 13.5. The van der Waals surface area contributed by atoms with E-state index in [0.717, 1.165) is 35.1 Å². The quantitative estimate of drug-likeness (QED) is 0.649. The van der Waals surface area contributed by atoms with E-state index in [-0.39, 0.29) is 11.9 Å². The Kier molecular flexibility index (Phi) is 4.60. The van der Waals surface area contributed by atoms with Crippen LogP contribution in [0.2, 0.25) is 0 Å². The van der Waals surface area contributed by atoms with Gasteiger partial charge in [-0.3, -0.25) is 4.98 Å². The van der Waals surface area contributed by atoms with Crippen LogP contribution in [0.3, 0.4) is 0 Å². The molecule has 2 aromatic heterocycles. The Bertz CT molecular complexity index is 764. The first-order valence-corrected chi connectivity index (χ1v) is 8.11. The number of nitrogens with one attached hydrogen (secondary N) is 2. The molecule has 0 saturated heterocycles. The lowest BCUT2D eigenvalue weighted by Gasteiger charge is -2.23. The molecule has 2 unspecified atom stereocenters. The number of aromatic nitrogens is 2. The number of H-pyrrole nitrogens is 1. The van der Waals surface area contributed by atoms with Gasteiger partial charge in [0.25, 0.3) is 0 Å². The fraction of sp³-hybridized carbons (Fsp3) is 0.316. The van der Waals surface area contributed by atoms with Gasteiger partial charge in [-0.2, -0.15) is 0 Å². The van der Waals surface area contributed by atoms with Crippen molar-refractivity contribution < 1.29 is 4.39 Å². The van der Waals surface area contributed by atoms with Crippen LogP contribution < -0.4 is 5.32 Å². The van der Waals surface area contributed by atoms with Crippen molar-refractivity contribution in [3.05, 3.63) is 60.3 Å². The van der Waals surface area contributed by atoms with Gasteiger partial charge in [0.05, 0.1) is 17.3 Å². The molecule has 0 spiro atoms. The SMILES string of the molecule is CCC(C)CC(Nc1ccc(F)cc1)c1nccc2cc[nH]c12. The van der Waals surface area contributed by atoms with Gasteiger partial charge in [0.2, 0.25) is 0 Å². The Morgan fingerprint density at radius 2 is 1.96 bits per heavy atom. The molecule has 2 N–H and O–H groups in total. The highest BCUT2D eigenvalue weighted by atomic mass is 19.1. The highest BCUT2D eigenvalue weighted by molar-refractivity contribution is 5.81. The summed E-state index contributed by atoms with van der Waals surface area (Å²) in [6, 6.07) is 10.6. The van der Waals surface area contributed by atoms with Gasteiger partial charge in [0, 0.05) is 23.5 Å². The topological polar surface area (TPSA) is 40.7 Å². The first-order valence-electron chi connectivity index (χ1n) is 8.11. The normalized spacial score (nSPS) is 13.9. The molecule has 2 atom stereocenters. The molecule has 3 rings (SSSR count). The molecule has 3 aromatic rings. The van der Waals surface area contributed by atoms with E-state index in [4.69, 9.17) is 0 Å². The Balaban J connectivity index is 1.94. The van der Waals surface area contributed by atoms with Crippen molar-refractivity contribution in [3.8, 4) is 0 Å². The molecule has 4 heteroatoms. The lowest BCUT2D eigenvalue weighted by molar-refractivity contribution is 0.473. The molecule has 0 aliphatic carbocycles. The van der Waals surface area contributed by atoms with E-state index in [0.29, 0.717) is 5.92 Å². The molecule has 23 heavy (non-hydrogen) atoms. The third kappa shape index (κ3) is 3.52. The number of aromatic amines is 1. The molecule has 0 saturated carbocycles. The summed E-state index contributed by atoms with van der Waals surface area (Å²) in [7, 11) is 0. The van der Waals surface area contributed by atoms with Gasteiger partial charge in [0.15, 0.2) is 0 Å². The molecule has 0 fully saturated rings. The second kappa shape index (κ2) is 6.82. The molecule has 0 aliphatic heterocycles. The molecule has 2 heterocycles. The van der Waals surface area contributed by atoms with Crippen molar-refractivity contribution in [3.63, 3.8) is 0 Å². The van der Waals surface area contributed by atoms with Gasteiger partial charge in [0.1, 0.15) is 5.82 Å². The van der Waals surface area contributed by atoms with Crippen LogP contribution in [0, 0.1) is 11.7 Å². The Labute approximate surface area is 136 Å². The van der Waals surface area contributed by atoms with Crippen molar-refractivity contribution in [2.75, 3.05) is 5.32 Å². The standard InChI is InChI=1S/C19H22FN3/c1-3-13(2)12-17(23-16-6-4-15(20)5-7-16)19-18-14(8-10-21-18)9-11-22-19/h4-11,13,17,21,23H,3,12H2,1-2H3. The average Bonchev–Trinajstić information content (AvgIpc) is 3.04. The van der Waals surface area contributed by atoms with Gasteiger partial charge >= 0.3 is 0 Å². The van der Waals surface area contributed by atoms with Crippen LogP contribution in [0.15, 0.2) is 48.8 Å². The number of hydrogen-bond acceptors (Lipinski definition) is 2. The monoisotopic (exact) mass is 311 g/mol. The van der Waals surface area contributed by atoms with Crippen molar-refractivity contribution in [2.45, 2.75) is 32.7 Å². The maximum atomic E-state index is 13.1. The predicted molar refractivity (Wildman–Crippen MR) is 92.9 cm³/mol. The van der Waals surface area contributed by atoms with Crippen LogP contribution >= 0.6 is 0 Å². The van der Waals surface area contributed by atoms with Crippen LogP contribution in [-0.4, -0.2) is 9.97 Å². The molecule has 120 valence electrons. The van der Waals surface area contributed by atoms with Crippen molar-refractivity contribution >= 4 is 16.6 Å².